The predicted molar refractivity (Wildman–Crippen MR) is 118 cm³/mol. The first-order valence-corrected chi connectivity index (χ1v) is 10.5. The highest BCUT2D eigenvalue weighted by Crippen LogP contribution is 2.30. The topological polar surface area (TPSA) is 73.8 Å². The largest absolute Gasteiger partial charge is 0.308 e. The number of fused-ring (bicyclic) bond motifs is 1. The zero-order valence-electron chi connectivity index (χ0n) is 16.9. The molecule has 1 saturated heterocycles. The Bertz CT molecular complexity index is 1080. The first kappa shape index (κ1) is 20.2. The molecule has 0 bridgehead atoms. The molecule has 1 aliphatic rings. The van der Waals surface area contributed by atoms with Crippen molar-refractivity contribution in [2.75, 3.05) is 37.0 Å². The molecule has 3 aromatic rings. The number of nitrogens with zero attached hydrogens (tertiary/aromatic N) is 4. The van der Waals surface area contributed by atoms with Gasteiger partial charge in [-0.25, -0.2) is 4.98 Å². The number of carbonyl (C=O) groups is 3. The number of benzene rings is 2. The molecule has 1 aromatic heterocycles. The predicted octanol–water partition coefficient (Wildman–Crippen LogP) is 3.16. The fourth-order valence-corrected chi connectivity index (χ4v) is 4.35. The third-order valence-corrected chi connectivity index (χ3v) is 5.99. The number of para-hydroxylation sites is 1. The minimum Gasteiger partial charge on any atom is -0.308 e. The van der Waals surface area contributed by atoms with Gasteiger partial charge in [-0.3, -0.25) is 24.2 Å². The Hall–Kier alpha value is -3.10. The maximum atomic E-state index is 13.5. The van der Waals surface area contributed by atoms with E-state index < -0.39 is 0 Å². The summed E-state index contributed by atoms with van der Waals surface area (Å²) in [5, 5.41) is 0.627. The number of likely N-dealkylation sites (N-methyl/N-ethyl adjacent to an activating group) is 1. The van der Waals surface area contributed by atoms with Crippen LogP contribution in [0, 0.1) is 0 Å². The molecule has 1 fully saturated rings. The molecule has 154 valence electrons. The van der Waals surface area contributed by atoms with Gasteiger partial charge in [0.25, 0.3) is 5.91 Å². The number of imide groups is 1. The summed E-state index contributed by atoms with van der Waals surface area (Å²) >= 11 is 1.47. The summed E-state index contributed by atoms with van der Waals surface area (Å²) in [5.41, 5.74) is 1.70. The fraction of sp³-hybridized carbons (Fsp3) is 0.273. The molecule has 0 saturated carbocycles. The van der Waals surface area contributed by atoms with Crippen LogP contribution >= 0.6 is 11.3 Å². The van der Waals surface area contributed by atoms with Crippen molar-refractivity contribution in [1.82, 2.24) is 9.88 Å². The first-order valence-electron chi connectivity index (χ1n) is 9.72. The molecule has 4 rings (SSSR count). The van der Waals surface area contributed by atoms with Crippen LogP contribution in [-0.2, 0) is 9.59 Å². The zero-order chi connectivity index (χ0) is 21.3. The summed E-state index contributed by atoms with van der Waals surface area (Å²) in [6.07, 6.45) is 0.412. The average molecular weight is 423 g/mol. The Morgan fingerprint density at radius 1 is 1.03 bits per heavy atom. The molecule has 0 spiro atoms. The van der Waals surface area contributed by atoms with Gasteiger partial charge in [0.1, 0.15) is 0 Å². The van der Waals surface area contributed by atoms with Crippen molar-refractivity contribution in [3.05, 3.63) is 54.1 Å². The second-order valence-electron chi connectivity index (χ2n) is 7.40. The molecular formula is C22H22N4O3S. The number of anilines is 2. The van der Waals surface area contributed by atoms with Gasteiger partial charge in [0, 0.05) is 31.5 Å². The van der Waals surface area contributed by atoms with Crippen molar-refractivity contribution < 1.29 is 14.4 Å². The van der Waals surface area contributed by atoms with E-state index in [1.54, 1.807) is 29.2 Å². The number of rotatable bonds is 6. The van der Waals surface area contributed by atoms with Crippen molar-refractivity contribution in [2.45, 2.75) is 12.8 Å². The van der Waals surface area contributed by atoms with Crippen LogP contribution < -0.4 is 9.80 Å². The number of carbonyl (C=O) groups excluding carboxylic acids is 3. The van der Waals surface area contributed by atoms with Gasteiger partial charge < -0.3 is 4.90 Å². The van der Waals surface area contributed by atoms with Crippen LogP contribution in [0.1, 0.15) is 23.2 Å². The third-order valence-electron chi connectivity index (χ3n) is 4.93. The van der Waals surface area contributed by atoms with Gasteiger partial charge in [0.05, 0.1) is 15.9 Å². The van der Waals surface area contributed by atoms with Gasteiger partial charge in [-0.1, -0.05) is 29.5 Å². The van der Waals surface area contributed by atoms with E-state index in [0.29, 0.717) is 29.5 Å². The highest BCUT2D eigenvalue weighted by molar-refractivity contribution is 7.22. The van der Waals surface area contributed by atoms with Crippen LogP contribution in [0.5, 0.6) is 0 Å². The molecule has 0 atom stereocenters. The molecule has 7 nitrogen and oxygen atoms in total. The standard InChI is InChI=1S/C22H22N4O3S/c1-24(2)12-13-25(22-23-17-8-3-4-9-18(17)30-22)21(29)15-6-5-7-16(14-15)26-19(27)10-11-20(26)28/h3-9,14H,10-13H2,1-2H3. The lowest BCUT2D eigenvalue weighted by Gasteiger charge is -2.22. The minimum atomic E-state index is -0.236. The monoisotopic (exact) mass is 422 g/mol. The lowest BCUT2D eigenvalue weighted by atomic mass is 10.1. The van der Waals surface area contributed by atoms with Crippen LogP contribution in [0.2, 0.25) is 0 Å². The van der Waals surface area contributed by atoms with Crippen molar-refractivity contribution in [2.24, 2.45) is 0 Å². The van der Waals surface area contributed by atoms with Crippen molar-refractivity contribution in [1.29, 1.82) is 0 Å². The van der Waals surface area contributed by atoms with E-state index >= 15 is 0 Å². The lowest BCUT2D eigenvalue weighted by molar-refractivity contribution is -0.121. The minimum absolute atomic E-state index is 0.206. The van der Waals surface area contributed by atoms with E-state index in [4.69, 9.17) is 0 Å². The van der Waals surface area contributed by atoms with E-state index in [1.807, 2.05) is 43.3 Å². The normalized spacial score (nSPS) is 14.2. The van der Waals surface area contributed by atoms with Crippen molar-refractivity contribution >= 4 is 50.1 Å². The van der Waals surface area contributed by atoms with Crippen LogP contribution in [0.25, 0.3) is 10.2 Å². The Labute approximate surface area is 178 Å². The quantitative estimate of drug-likeness (QED) is 0.571. The van der Waals surface area contributed by atoms with Crippen LogP contribution in [-0.4, -0.2) is 54.8 Å². The number of thiazole rings is 1. The molecule has 2 aromatic carbocycles. The van der Waals surface area contributed by atoms with Gasteiger partial charge in [0.2, 0.25) is 11.8 Å². The smallest absolute Gasteiger partial charge is 0.260 e. The van der Waals surface area contributed by atoms with E-state index in [1.165, 1.54) is 16.2 Å². The fourth-order valence-electron chi connectivity index (χ4n) is 3.36. The third kappa shape index (κ3) is 3.96. The number of hydrogen-bond acceptors (Lipinski definition) is 6. The van der Waals surface area contributed by atoms with Gasteiger partial charge >= 0.3 is 0 Å². The Morgan fingerprint density at radius 2 is 1.77 bits per heavy atom. The first-order chi connectivity index (χ1) is 14.4. The molecule has 0 N–H and O–H groups in total. The Morgan fingerprint density at radius 3 is 2.47 bits per heavy atom. The van der Waals surface area contributed by atoms with E-state index in [-0.39, 0.29) is 30.6 Å². The maximum Gasteiger partial charge on any atom is 0.260 e. The van der Waals surface area contributed by atoms with Gasteiger partial charge in [-0.2, -0.15) is 0 Å². The van der Waals surface area contributed by atoms with Gasteiger partial charge in [-0.15, -0.1) is 0 Å². The molecular weight excluding hydrogens is 400 g/mol. The highest BCUT2D eigenvalue weighted by atomic mass is 32.1. The molecule has 3 amide bonds. The van der Waals surface area contributed by atoms with E-state index in [0.717, 1.165) is 10.2 Å². The van der Waals surface area contributed by atoms with Crippen LogP contribution in [0.4, 0.5) is 10.8 Å². The lowest BCUT2D eigenvalue weighted by Crippen LogP contribution is -2.37. The van der Waals surface area contributed by atoms with Crippen molar-refractivity contribution in [3.63, 3.8) is 0 Å². The van der Waals surface area contributed by atoms with E-state index in [2.05, 4.69) is 4.98 Å². The molecule has 0 aliphatic carbocycles. The number of hydrogen-bond donors (Lipinski definition) is 0. The molecule has 2 heterocycles. The molecule has 0 unspecified atom stereocenters. The second-order valence-corrected chi connectivity index (χ2v) is 8.41. The summed E-state index contributed by atoms with van der Waals surface area (Å²) in [6, 6.07) is 14.5. The summed E-state index contributed by atoms with van der Waals surface area (Å²) in [7, 11) is 3.90. The van der Waals surface area contributed by atoms with E-state index in [9.17, 15) is 14.4 Å². The SMILES string of the molecule is CN(C)CCN(C(=O)c1cccc(N2C(=O)CCC2=O)c1)c1nc2ccccc2s1. The Kier molecular flexibility index (Phi) is 5.61. The van der Waals surface area contributed by atoms with Gasteiger partial charge in [-0.05, 0) is 44.4 Å². The summed E-state index contributed by atoms with van der Waals surface area (Å²) in [4.78, 5) is 47.1. The molecule has 30 heavy (non-hydrogen) atoms. The zero-order valence-corrected chi connectivity index (χ0v) is 17.7. The average Bonchev–Trinajstić information content (AvgIpc) is 3.30. The molecule has 1 aliphatic heterocycles. The van der Waals surface area contributed by atoms with Crippen LogP contribution in [0.3, 0.4) is 0 Å². The Balaban J connectivity index is 1.68. The van der Waals surface area contributed by atoms with Crippen LogP contribution in [0.15, 0.2) is 48.5 Å². The maximum absolute atomic E-state index is 13.5. The summed E-state index contributed by atoms with van der Waals surface area (Å²) < 4.78 is 1.01. The highest BCUT2D eigenvalue weighted by Gasteiger charge is 2.31. The molecule has 8 heteroatoms. The number of amides is 3. The molecule has 0 radical (unpaired) electrons. The van der Waals surface area contributed by atoms with Gasteiger partial charge in [0.15, 0.2) is 5.13 Å². The number of aromatic nitrogens is 1. The second kappa shape index (κ2) is 8.33. The summed E-state index contributed by atoms with van der Waals surface area (Å²) in [6.45, 7) is 1.14. The van der Waals surface area contributed by atoms with Crippen molar-refractivity contribution in [3.8, 4) is 0 Å². The summed E-state index contributed by atoms with van der Waals surface area (Å²) in [5.74, 6) is -0.683.